The van der Waals surface area contributed by atoms with E-state index >= 15 is 0 Å². The van der Waals surface area contributed by atoms with Crippen LogP contribution in [0.2, 0.25) is 0 Å². The molecule has 0 spiro atoms. The first kappa shape index (κ1) is 17.9. The highest BCUT2D eigenvalue weighted by Gasteiger charge is 2.17. The van der Waals surface area contributed by atoms with E-state index in [9.17, 15) is 0 Å². The Balaban J connectivity index is 0.000000200. The maximum Gasteiger partial charge on any atom is 0.0112 e. The van der Waals surface area contributed by atoms with Crippen LogP contribution in [0.25, 0.3) is 0 Å². The summed E-state index contributed by atoms with van der Waals surface area (Å²) in [5.41, 5.74) is 0. The van der Waals surface area contributed by atoms with Crippen molar-refractivity contribution in [2.24, 2.45) is 5.92 Å². The van der Waals surface area contributed by atoms with Crippen molar-refractivity contribution in [2.75, 3.05) is 46.3 Å². The Morgan fingerprint density at radius 2 is 1.35 bits per heavy atom. The molecule has 0 bridgehead atoms. The molecular formula is C17H37N3. The van der Waals surface area contributed by atoms with Crippen molar-refractivity contribution < 1.29 is 0 Å². The second-order valence-electron chi connectivity index (χ2n) is 7.27. The van der Waals surface area contributed by atoms with Gasteiger partial charge in [-0.05, 0) is 60.0 Å². The van der Waals surface area contributed by atoms with E-state index in [2.05, 4.69) is 56.4 Å². The van der Waals surface area contributed by atoms with Crippen LogP contribution >= 0.6 is 0 Å². The normalized spacial score (nSPS) is 26.7. The molecule has 3 nitrogen and oxygen atoms in total. The summed E-state index contributed by atoms with van der Waals surface area (Å²) in [4.78, 5) is 7.49. The molecule has 0 aliphatic carbocycles. The quantitative estimate of drug-likeness (QED) is 0.771. The van der Waals surface area contributed by atoms with Gasteiger partial charge in [-0.1, -0.05) is 6.92 Å². The Morgan fingerprint density at radius 3 is 1.75 bits per heavy atom. The van der Waals surface area contributed by atoms with Gasteiger partial charge in [-0.3, -0.25) is 4.90 Å². The second-order valence-corrected chi connectivity index (χ2v) is 7.27. The molecule has 2 aliphatic heterocycles. The summed E-state index contributed by atoms with van der Waals surface area (Å²) >= 11 is 0. The Hall–Kier alpha value is -0.120. The highest BCUT2D eigenvalue weighted by atomic mass is 15.3. The van der Waals surface area contributed by atoms with E-state index in [1.807, 2.05) is 0 Å². The highest BCUT2D eigenvalue weighted by Crippen LogP contribution is 2.16. The molecule has 0 aromatic heterocycles. The van der Waals surface area contributed by atoms with Gasteiger partial charge in [0.05, 0.1) is 0 Å². The van der Waals surface area contributed by atoms with Crippen LogP contribution in [0.4, 0.5) is 0 Å². The van der Waals surface area contributed by atoms with Gasteiger partial charge in [0.25, 0.3) is 0 Å². The molecular weight excluding hydrogens is 246 g/mol. The van der Waals surface area contributed by atoms with Crippen LogP contribution in [-0.4, -0.2) is 73.1 Å². The summed E-state index contributed by atoms with van der Waals surface area (Å²) < 4.78 is 0. The van der Waals surface area contributed by atoms with Crippen LogP contribution in [0.15, 0.2) is 0 Å². The molecule has 0 saturated carbocycles. The van der Waals surface area contributed by atoms with Gasteiger partial charge < -0.3 is 9.80 Å². The lowest BCUT2D eigenvalue weighted by atomic mass is 9.99. The lowest BCUT2D eigenvalue weighted by molar-refractivity contribution is 0.126. The summed E-state index contributed by atoms with van der Waals surface area (Å²) in [5, 5.41) is 0. The number of nitrogens with zero attached hydrogens (tertiary/aromatic N) is 3. The molecule has 0 amide bonds. The predicted molar refractivity (Wildman–Crippen MR) is 89.3 cm³/mol. The van der Waals surface area contributed by atoms with Crippen LogP contribution in [-0.2, 0) is 0 Å². The molecule has 20 heavy (non-hydrogen) atoms. The van der Waals surface area contributed by atoms with Crippen LogP contribution in [0.3, 0.4) is 0 Å². The molecule has 0 aromatic carbocycles. The molecule has 0 aromatic rings. The van der Waals surface area contributed by atoms with E-state index in [1.54, 1.807) is 0 Å². The van der Waals surface area contributed by atoms with Gasteiger partial charge in [0.1, 0.15) is 0 Å². The van der Waals surface area contributed by atoms with Gasteiger partial charge in [-0.15, -0.1) is 0 Å². The third-order valence-electron chi connectivity index (χ3n) is 4.69. The minimum Gasteiger partial charge on any atom is -0.304 e. The lowest BCUT2D eigenvalue weighted by Gasteiger charge is -2.34. The molecule has 2 saturated heterocycles. The summed E-state index contributed by atoms with van der Waals surface area (Å²) in [6, 6.07) is 1.48. The zero-order valence-electron chi connectivity index (χ0n) is 14.7. The first-order valence-electron chi connectivity index (χ1n) is 8.56. The molecule has 2 heterocycles. The Bertz CT molecular complexity index is 245. The standard InChI is InChI=1S/C9H19N.C8H18N2/c1-8(2)10-6-4-5-9(3)7-10;1-8(2)10-6-4-9(3)5-7-10/h8-9H,4-7H2,1-3H3;8H,4-7H2,1-3H3/t9-;/m0./s1. The number of rotatable bonds is 2. The number of likely N-dealkylation sites (tertiary alicyclic amines) is 1. The zero-order valence-corrected chi connectivity index (χ0v) is 14.7. The smallest absolute Gasteiger partial charge is 0.0112 e. The largest absolute Gasteiger partial charge is 0.304 e. The number of piperidine rings is 1. The van der Waals surface area contributed by atoms with Crippen LogP contribution in [0.1, 0.15) is 47.5 Å². The third kappa shape index (κ3) is 6.55. The molecule has 2 fully saturated rings. The van der Waals surface area contributed by atoms with E-state index in [-0.39, 0.29) is 0 Å². The number of hydrogen-bond donors (Lipinski definition) is 0. The fourth-order valence-corrected chi connectivity index (χ4v) is 3.03. The summed E-state index contributed by atoms with van der Waals surface area (Å²) in [5.74, 6) is 0.927. The fraction of sp³-hybridized carbons (Fsp3) is 1.00. The first-order chi connectivity index (χ1) is 9.40. The van der Waals surface area contributed by atoms with Gasteiger partial charge >= 0.3 is 0 Å². The highest BCUT2D eigenvalue weighted by molar-refractivity contribution is 4.72. The fourth-order valence-electron chi connectivity index (χ4n) is 3.03. The SMILES string of the molecule is CC(C)N1CCC[C@H](C)C1.CC(C)N1CCN(C)CC1. The second kappa shape index (κ2) is 9.01. The van der Waals surface area contributed by atoms with Gasteiger partial charge in [-0.2, -0.15) is 0 Å². The average molecular weight is 284 g/mol. The van der Waals surface area contributed by atoms with Crippen LogP contribution < -0.4 is 0 Å². The van der Waals surface area contributed by atoms with Crippen molar-refractivity contribution in [2.45, 2.75) is 59.5 Å². The molecule has 3 heteroatoms. The van der Waals surface area contributed by atoms with E-state index in [1.165, 1.54) is 52.1 Å². The lowest BCUT2D eigenvalue weighted by Crippen LogP contribution is -2.47. The van der Waals surface area contributed by atoms with Crippen LogP contribution in [0.5, 0.6) is 0 Å². The van der Waals surface area contributed by atoms with E-state index in [0.717, 1.165) is 18.0 Å². The zero-order chi connectivity index (χ0) is 15.1. The topological polar surface area (TPSA) is 9.72 Å². The van der Waals surface area contributed by atoms with E-state index in [4.69, 9.17) is 0 Å². The maximum absolute atomic E-state index is 2.58. The Labute approximate surface area is 127 Å². The van der Waals surface area contributed by atoms with Gasteiger partial charge in [0, 0.05) is 44.8 Å². The minimum absolute atomic E-state index is 0.730. The average Bonchev–Trinajstić information content (AvgIpc) is 2.40. The van der Waals surface area contributed by atoms with Gasteiger partial charge in [0.2, 0.25) is 0 Å². The molecule has 0 unspecified atom stereocenters. The predicted octanol–water partition coefficient (Wildman–Crippen LogP) is 2.77. The van der Waals surface area contributed by atoms with Crippen molar-refractivity contribution >= 4 is 0 Å². The number of hydrogen-bond acceptors (Lipinski definition) is 3. The Morgan fingerprint density at radius 1 is 0.800 bits per heavy atom. The van der Waals surface area contributed by atoms with Crippen molar-refractivity contribution in [1.29, 1.82) is 0 Å². The Kier molecular flexibility index (Phi) is 8.08. The summed E-state index contributed by atoms with van der Waals surface area (Å²) in [7, 11) is 2.19. The minimum atomic E-state index is 0.730. The molecule has 120 valence electrons. The molecule has 1 atom stereocenters. The molecule has 2 aliphatic rings. The summed E-state index contributed by atoms with van der Waals surface area (Å²) in [6.45, 7) is 19.1. The van der Waals surface area contributed by atoms with Crippen LogP contribution in [0, 0.1) is 5.92 Å². The van der Waals surface area contributed by atoms with Crippen molar-refractivity contribution in [3.8, 4) is 0 Å². The molecule has 0 N–H and O–H groups in total. The third-order valence-corrected chi connectivity index (χ3v) is 4.69. The van der Waals surface area contributed by atoms with Crippen molar-refractivity contribution in [1.82, 2.24) is 14.7 Å². The van der Waals surface area contributed by atoms with E-state index in [0.29, 0.717) is 0 Å². The van der Waals surface area contributed by atoms with Gasteiger partial charge in [0.15, 0.2) is 0 Å². The first-order valence-corrected chi connectivity index (χ1v) is 8.56. The van der Waals surface area contributed by atoms with Gasteiger partial charge in [-0.25, -0.2) is 0 Å². The maximum atomic E-state index is 2.58. The number of piperazine rings is 1. The summed E-state index contributed by atoms with van der Waals surface area (Å²) in [6.07, 6.45) is 2.84. The monoisotopic (exact) mass is 283 g/mol. The van der Waals surface area contributed by atoms with Crippen molar-refractivity contribution in [3.63, 3.8) is 0 Å². The van der Waals surface area contributed by atoms with E-state index < -0.39 is 0 Å². The van der Waals surface area contributed by atoms with Crippen molar-refractivity contribution in [3.05, 3.63) is 0 Å². The molecule has 0 radical (unpaired) electrons. The molecule has 2 rings (SSSR count). The number of likely N-dealkylation sites (N-methyl/N-ethyl adjacent to an activating group) is 1.